The highest BCUT2D eigenvalue weighted by Crippen LogP contribution is 2.54. The molecule has 1 saturated carbocycles. The smallest absolute Gasteiger partial charge is 0.137 e. The first kappa shape index (κ1) is 15.1. The number of hydrogen-bond acceptors (Lipinski definition) is 4. The van der Waals surface area contributed by atoms with E-state index in [0.29, 0.717) is 12.8 Å². The number of rotatable bonds is 6. The molecule has 1 unspecified atom stereocenters. The van der Waals surface area contributed by atoms with Gasteiger partial charge in [0.15, 0.2) is 0 Å². The van der Waals surface area contributed by atoms with Gasteiger partial charge in [-0.15, -0.1) is 11.6 Å². The van der Waals surface area contributed by atoms with Crippen LogP contribution in [0.3, 0.4) is 0 Å². The standard InChI is InChI=1S/C11H14Cl3N3O2/c12-8(9(13)4-18)3-11(19,10(14)1-2-10)5-17-7-15-6-16-17/h6-7,18-19H,1-5H2/b9-8+. The summed E-state index contributed by atoms with van der Waals surface area (Å²) >= 11 is 18.2. The van der Waals surface area contributed by atoms with Crippen molar-refractivity contribution in [3.63, 3.8) is 0 Å². The average molecular weight is 327 g/mol. The Morgan fingerprint density at radius 3 is 2.53 bits per heavy atom. The van der Waals surface area contributed by atoms with Crippen LogP contribution in [0.2, 0.25) is 0 Å². The lowest BCUT2D eigenvalue weighted by Gasteiger charge is -2.32. The highest BCUT2D eigenvalue weighted by atomic mass is 35.5. The Morgan fingerprint density at radius 2 is 2.05 bits per heavy atom. The Morgan fingerprint density at radius 1 is 1.37 bits per heavy atom. The molecule has 1 atom stereocenters. The molecule has 106 valence electrons. The molecule has 1 aromatic rings. The topological polar surface area (TPSA) is 71.2 Å². The number of halogens is 3. The molecule has 2 rings (SSSR count). The van der Waals surface area contributed by atoms with Gasteiger partial charge in [0.1, 0.15) is 18.3 Å². The van der Waals surface area contributed by atoms with E-state index in [1.165, 1.54) is 17.3 Å². The first-order valence-corrected chi connectivity index (χ1v) is 6.91. The second-order valence-electron chi connectivity index (χ2n) is 4.73. The minimum Gasteiger partial charge on any atom is -0.391 e. The second-order valence-corrected chi connectivity index (χ2v) is 6.37. The minimum absolute atomic E-state index is 0.0668. The van der Waals surface area contributed by atoms with Crippen LogP contribution in [0, 0.1) is 0 Å². The molecule has 0 saturated heterocycles. The Bertz CT molecular complexity index is 474. The largest absolute Gasteiger partial charge is 0.391 e. The molecule has 1 aromatic heterocycles. The molecule has 0 aliphatic heterocycles. The van der Waals surface area contributed by atoms with E-state index in [1.54, 1.807) is 0 Å². The van der Waals surface area contributed by atoms with Gasteiger partial charge in [-0.05, 0) is 12.8 Å². The molecule has 0 aromatic carbocycles. The van der Waals surface area contributed by atoms with E-state index < -0.39 is 10.5 Å². The molecule has 0 bridgehead atoms. The van der Waals surface area contributed by atoms with Crippen LogP contribution in [0.1, 0.15) is 19.3 Å². The normalized spacial score (nSPS) is 21.7. The van der Waals surface area contributed by atoms with Crippen LogP contribution in [0.15, 0.2) is 22.7 Å². The maximum atomic E-state index is 10.8. The molecule has 2 N–H and O–H groups in total. The van der Waals surface area contributed by atoms with Crippen molar-refractivity contribution in [1.29, 1.82) is 0 Å². The number of aliphatic hydroxyl groups excluding tert-OH is 1. The van der Waals surface area contributed by atoms with E-state index in [9.17, 15) is 5.11 Å². The van der Waals surface area contributed by atoms with Crippen molar-refractivity contribution < 1.29 is 10.2 Å². The quantitative estimate of drug-likeness (QED) is 0.783. The molecular weight excluding hydrogens is 312 g/mol. The second kappa shape index (κ2) is 5.58. The van der Waals surface area contributed by atoms with Gasteiger partial charge >= 0.3 is 0 Å². The number of hydrogen-bond donors (Lipinski definition) is 2. The molecule has 19 heavy (non-hydrogen) atoms. The SMILES string of the molecule is OC/C(Cl)=C(\Cl)CC(O)(Cn1cncn1)C1(Cl)CC1. The summed E-state index contributed by atoms with van der Waals surface area (Å²) in [5.74, 6) is 0. The van der Waals surface area contributed by atoms with Gasteiger partial charge in [0.05, 0.1) is 23.1 Å². The van der Waals surface area contributed by atoms with Gasteiger partial charge in [-0.2, -0.15) is 5.10 Å². The van der Waals surface area contributed by atoms with Crippen LogP contribution >= 0.6 is 34.8 Å². The molecule has 1 aliphatic rings. The molecule has 1 aliphatic carbocycles. The Labute approximate surface area is 125 Å². The number of aromatic nitrogens is 3. The number of nitrogens with zero attached hydrogens (tertiary/aromatic N) is 3. The summed E-state index contributed by atoms with van der Waals surface area (Å²) in [6.45, 7) is -0.197. The van der Waals surface area contributed by atoms with Crippen molar-refractivity contribution in [3.05, 3.63) is 22.7 Å². The van der Waals surface area contributed by atoms with Crippen LogP contribution in [0.25, 0.3) is 0 Å². The van der Waals surface area contributed by atoms with Gasteiger partial charge < -0.3 is 10.2 Å². The number of alkyl halides is 1. The first-order valence-electron chi connectivity index (χ1n) is 5.78. The van der Waals surface area contributed by atoms with Crippen LogP contribution in [-0.2, 0) is 6.54 Å². The van der Waals surface area contributed by atoms with Gasteiger partial charge in [-0.25, -0.2) is 9.67 Å². The molecule has 0 amide bonds. The Hall–Kier alpha value is -0.330. The highest BCUT2D eigenvalue weighted by Gasteiger charge is 2.58. The van der Waals surface area contributed by atoms with Gasteiger partial charge in [-0.1, -0.05) is 23.2 Å². The van der Waals surface area contributed by atoms with Crippen molar-refractivity contribution in [2.75, 3.05) is 6.61 Å². The van der Waals surface area contributed by atoms with Crippen LogP contribution < -0.4 is 0 Å². The van der Waals surface area contributed by atoms with E-state index in [4.69, 9.17) is 39.9 Å². The predicted octanol–water partition coefficient (Wildman–Crippen LogP) is 1.85. The molecule has 1 fully saturated rings. The van der Waals surface area contributed by atoms with Crippen molar-refractivity contribution in [2.24, 2.45) is 0 Å². The van der Waals surface area contributed by atoms with E-state index in [-0.39, 0.29) is 29.6 Å². The summed E-state index contributed by atoms with van der Waals surface area (Å²) in [7, 11) is 0. The summed E-state index contributed by atoms with van der Waals surface area (Å²) < 4.78 is 1.50. The molecule has 5 nitrogen and oxygen atoms in total. The predicted molar refractivity (Wildman–Crippen MR) is 73.2 cm³/mol. The fourth-order valence-electron chi connectivity index (χ4n) is 1.95. The third kappa shape index (κ3) is 3.23. The first-order chi connectivity index (χ1) is 8.90. The zero-order valence-corrected chi connectivity index (χ0v) is 12.3. The maximum Gasteiger partial charge on any atom is 0.137 e. The summed E-state index contributed by atoms with van der Waals surface area (Å²) in [5, 5.41) is 24.1. The van der Waals surface area contributed by atoms with E-state index in [0.717, 1.165) is 0 Å². The zero-order valence-electron chi connectivity index (χ0n) is 10.1. The lowest BCUT2D eigenvalue weighted by Crippen LogP contribution is -2.45. The van der Waals surface area contributed by atoms with Gasteiger partial charge in [0.25, 0.3) is 0 Å². The Kier molecular flexibility index (Phi) is 4.42. The summed E-state index contributed by atoms with van der Waals surface area (Å²) in [5.41, 5.74) is -1.28. The highest BCUT2D eigenvalue weighted by molar-refractivity contribution is 6.39. The molecule has 1 heterocycles. The summed E-state index contributed by atoms with van der Waals surface area (Å²) in [6, 6.07) is 0. The third-order valence-electron chi connectivity index (χ3n) is 3.29. The van der Waals surface area contributed by atoms with Crippen LogP contribution in [0.4, 0.5) is 0 Å². The molecule has 0 spiro atoms. The van der Waals surface area contributed by atoms with E-state index in [1.807, 2.05) is 0 Å². The lowest BCUT2D eigenvalue weighted by atomic mass is 9.92. The molecule has 8 heteroatoms. The van der Waals surface area contributed by atoms with E-state index >= 15 is 0 Å². The summed E-state index contributed by atoms with van der Waals surface area (Å²) in [4.78, 5) is 3.10. The Balaban J connectivity index is 2.21. The molecular formula is C11H14Cl3N3O2. The van der Waals surface area contributed by atoms with Crippen molar-refractivity contribution in [2.45, 2.75) is 36.3 Å². The monoisotopic (exact) mass is 325 g/mol. The molecule has 0 radical (unpaired) electrons. The van der Waals surface area contributed by atoms with Crippen LogP contribution in [-0.4, -0.2) is 42.1 Å². The number of aliphatic hydroxyl groups is 2. The van der Waals surface area contributed by atoms with Crippen molar-refractivity contribution in [1.82, 2.24) is 14.8 Å². The van der Waals surface area contributed by atoms with Gasteiger partial charge in [-0.3, -0.25) is 0 Å². The summed E-state index contributed by atoms with van der Waals surface area (Å²) in [6.07, 6.45) is 4.34. The van der Waals surface area contributed by atoms with Gasteiger partial charge in [0.2, 0.25) is 0 Å². The third-order valence-corrected chi connectivity index (χ3v) is 4.83. The maximum absolute atomic E-state index is 10.8. The minimum atomic E-state index is -1.28. The van der Waals surface area contributed by atoms with Crippen molar-refractivity contribution >= 4 is 34.8 Å². The lowest BCUT2D eigenvalue weighted by molar-refractivity contribution is 0.00904. The van der Waals surface area contributed by atoms with Gasteiger partial charge in [0, 0.05) is 11.5 Å². The fourth-order valence-corrected chi connectivity index (χ4v) is 2.52. The fraction of sp³-hybridized carbons (Fsp3) is 0.636. The zero-order chi connectivity index (χ0) is 14.1. The van der Waals surface area contributed by atoms with Crippen molar-refractivity contribution in [3.8, 4) is 0 Å². The van der Waals surface area contributed by atoms with Crippen LogP contribution in [0.5, 0.6) is 0 Å². The van der Waals surface area contributed by atoms with E-state index in [2.05, 4.69) is 10.1 Å². The average Bonchev–Trinajstić information content (AvgIpc) is 2.93.